The highest BCUT2D eigenvalue weighted by molar-refractivity contribution is 7.80. The number of nitrogens with one attached hydrogen (secondary N) is 2. The molecule has 0 atom stereocenters. The topological polar surface area (TPSA) is 124 Å². The van der Waals surface area contributed by atoms with Gasteiger partial charge in [-0.1, -0.05) is 17.7 Å². The molecular formula is C16H11ClN3O5S-. The summed E-state index contributed by atoms with van der Waals surface area (Å²) in [5.41, 5.74) is 0.140. The third-order valence-corrected chi connectivity index (χ3v) is 3.95. The largest absolute Gasteiger partial charge is 0.545 e. The minimum atomic E-state index is -1.46. The van der Waals surface area contributed by atoms with Crippen molar-refractivity contribution in [3.05, 3.63) is 68.2 Å². The molecule has 0 bridgehead atoms. The Morgan fingerprint density at radius 2 is 1.88 bits per heavy atom. The molecule has 0 aliphatic carbocycles. The molecular weight excluding hydrogens is 382 g/mol. The lowest BCUT2D eigenvalue weighted by Crippen LogP contribution is -2.34. The third kappa shape index (κ3) is 4.32. The molecule has 26 heavy (non-hydrogen) atoms. The van der Waals surface area contributed by atoms with Crippen LogP contribution in [0, 0.1) is 17.0 Å². The number of hydrogen-bond donors (Lipinski definition) is 2. The summed E-state index contributed by atoms with van der Waals surface area (Å²) >= 11 is 10.8. The van der Waals surface area contributed by atoms with Crippen LogP contribution >= 0.6 is 23.8 Å². The van der Waals surface area contributed by atoms with Gasteiger partial charge in [0.2, 0.25) is 0 Å². The van der Waals surface area contributed by atoms with Gasteiger partial charge in [-0.05, 0) is 43.4 Å². The van der Waals surface area contributed by atoms with Gasteiger partial charge in [0, 0.05) is 33.5 Å². The molecule has 134 valence electrons. The van der Waals surface area contributed by atoms with Crippen molar-refractivity contribution < 1.29 is 19.6 Å². The molecule has 2 rings (SSSR count). The van der Waals surface area contributed by atoms with E-state index in [1.54, 1.807) is 0 Å². The number of halogens is 1. The summed E-state index contributed by atoms with van der Waals surface area (Å²) in [5.74, 6) is -2.10. The molecule has 2 aromatic carbocycles. The zero-order chi connectivity index (χ0) is 19.4. The van der Waals surface area contributed by atoms with Gasteiger partial charge < -0.3 is 15.2 Å². The number of hydrogen-bond acceptors (Lipinski definition) is 6. The van der Waals surface area contributed by atoms with Crippen LogP contribution in [0.5, 0.6) is 0 Å². The van der Waals surface area contributed by atoms with Gasteiger partial charge in [0.15, 0.2) is 5.11 Å². The van der Waals surface area contributed by atoms with E-state index in [0.717, 1.165) is 0 Å². The van der Waals surface area contributed by atoms with Crippen LogP contribution in [-0.4, -0.2) is 21.9 Å². The normalized spacial score (nSPS) is 10.1. The molecule has 8 nitrogen and oxygen atoms in total. The molecule has 0 heterocycles. The van der Waals surface area contributed by atoms with E-state index in [2.05, 4.69) is 10.6 Å². The van der Waals surface area contributed by atoms with Crippen LogP contribution in [0.4, 0.5) is 11.4 Å². The minimum absolute atomic E-state index is 0.00211. The number of nitro benzene ring substituents is 1. The number of carboxylic acid groups (broad SMARTS) is 1. The van der Waals surface area contributed by atoms with Crippen LogP contribution in [0.3, 0.4) is 0 Å². The maximum atomic E-state index is 12.3. The van der Waals surface area contributed by atoms with Crippen molar-refractivity contribution in [2.45, 2.75) is 6.92 Å². The van der Waals surface area contributed by atoms with E-state index in [0.29, 0.717) is 0 Å². The minimum Gasteiger partial charge on any atom is -0.545 e. The van der Waals surface area contributed by atoms with E-state index in [4.69, 9.17) is 23.8 Å². The molecule has 0 aliphatic heterocycles. The highest BCUT2D eigenvalue weighted by Gasteiger charge is 2.18. The number of nitrogens with zero attached hydrogens (tertiary/aromatic N) is 1. The summed E-state index contributed by atoms with van der Waals surface area (Å²) in [5, 5.41) is 26.8. The molecule has 10 heteroatoms. The van der Waals surface area contributed by atoms with Gasteiger partial charge in [0.25, 0.3) is 11.6 Å². The lowest BCUT2D eigenvalue weighted by molar-refractivity contribution is -0.385. The summed E-state index contributed by atoms with van der Waals surface area (Å²) in [6, 6.07) is 8.11. The predicted molar refractivity (Wildman–Crippen MR) is 97.3 cm³/mol. The standard InChI is InChI=1S/C16H12ClN3O5S/c1-8-10(3-2-4-13(8)20(24)25)14(21)19-16(26)18-9-5-6-12(17)11(7-9)15(22)23/h2-7H,1H3,(H,22,23)(H2,18,19,21,26)/p-1. The molecule has 2 N–H and O–H groups in total. The number of thiocarbonyl (C=S) groups is 1. The number of carbonyl (C=O) groups is 2. The van der Waals surface area contributed by atoms with Crippen LogP contribution in [0.1, 0.15) is 26.3 Å². The van der Waals surface area contributed by atoms with Gasteiger partial charge in [-0.15, -0.1) is 0 Å². The first-order valence-corrected chi connectivity index (χ1v) is 7.86. The second-order valence-electron chi connectivity index (χ2n) is 5.10. The Morgan fingerprint density at radius 1 is 1.19 bits per heavy atom. The monoisotopic (exact) mass is 392 g/mol. The van der Waals surface area contributed by atoms with Crippen LogP contribution in [-0.2, 0) is 0 Å². The lowest BCUT2D eigenvalue weighted by atomic mass is 10.1. The van der Waals surface area contributed by atoms with E-state index in [1.165, 1.54) is 43.3 Å². The fraction of sp³-hybridized carbons (Fsp3) is 0.0625. The smallest absolute Gasteiger partial charge is 0.273 e. The molecule has 0 saturated heterocycles. The highest BCUT2D eigenvalue weighted by Crippen LogP contribution is 2.22. The Morgan fingerprint density at radius 3 is 2.50 bits per heavy atom. The van der Waals surface area contributed by atoms with Crippen molar-refractivity contribution >= 4 is 52.2 Å². The molecule has 0 saturated carbocycles. The summed E-state index contributed by atoms with van der Waals surface area (Å²) in [6.07, 6.45) is 0. The molecule has 0 aliphatic rings. The summed E-state index contributed by atoms with van der Waals surface area (Å²) in [7, 11) is 0. The third-order valence-electron chi connectivity index (χ3n) is 3.42. The highest BCUT2D eigenvalue weighted by atomic mass is 35.5. The summed E-state index contributed by atoms with van der Waals surface area (Å²) in [6.45, 7) is 1.45. The maximum Gasteiger partial charge on any atom is 0.273 e. The first-order chi connectivity index (χ1) is 12.2. The maximum absolute atomic E-state index is 12.3. The Kier molecular flexibility index (Phi) is 5.86. The number of aromatic carboxylic acids is 1. The van der Waals surface area contributed by atoms with E-state index >= 15 is 0 Å². The first kappa shape index (κ1) is 19.3. The van der Waals surface area contributed by atoms with Gasteiger partial charge >= 0.3 is 0 Å². The average molecular weight is 393 g/mol. The Hall–Kier alpha value is -3.04. The van der Waals surface area contributed by atoms with Gasteiger partial charge in [0.1, 0.15) is 0 Å². The Bertz CT molecular complexity index is 932. The number of carbonyl (C=O) groups excluding carboxylic acids is 2. The zero-order valence-electron chi connectivity index (χ0n) is 13.2. The van der Waals surface area contributed by atoms with Gasteiger partial charge in [-0.2, -0.15) is 0 Å². The Balaban J connectivity index is 2.15. The van der Waals surface area contributed by atoms with Crippen LogP contribution in [0.15, 0.2) is 36.4 Å². The first-order valence-electron chi connectivity index (χ1n) is 7.08. The SMILES string of the molecule is Cc1c(C(=O)NC(=S)Nc2ccc(Cl)c(C(=O)[O-])c2)cccc1[N+](=O)[O-]. The molecule has 0 unspecified atom stereocenters. The van der Waals surface area contributed by atoms with Crippen LogP contribution in [0.25, 0.3) is 0 Å². The average Bonchev–Trinajstić information content (AvgIpc) is 2.56. The number of anilines is 1. The van der Waals surface area contributed by atoms with Crippen molar-refractivity contribution in [2.75, 3.05) is 5.32 Å². The van der Waals surface area contributed by atoms with Crippen molar-refractivity contribution in [3.8, 4) is 0 Å². The molecule has 0 aromatic heterocycles. The number of nitro groups is 1. The second-order valence-corrected chi connectivity index (χ2v) is 5.91. The molecule has 1 amide bonds. The van der Waals surface area contributed by atoms with Gasteiger partial charge in [-0.25, -0.2) is 0 Å². The fourth-order valence-corrected chi connectivity index (χ4v) is 2.56. The van der Waals surface area contributed by atoms with E-state index in [1.807, 2.05) is 0 Å². The van der Waals surface area contributed by atoms with Crippen LogP contribution in [0.2, 0.25) is 5.02 Å². The molecule has 2 aromatic rings. The molecule has 0 fully saturated rings. The lowest BCUT2D eigenvalue weighted by Gasteiger charge is -2.13. The quantitative estimate of drug-likeness (QED) is 0.463. The summed E-state index contributed by atoms with van der Waals surface area (Å²) in [4.78, 5) is 33.6. The summed E-state index contributed by atoms with van der Waals surface area (Å²) < 4.78 is 0. The molecule has 0 spiro atoms. The van der Waals surface area contributed by atoms with Crippen molar-refractivity contribution in [3.63, 3.8) is 0 Å². The number of carboxylic acids is 1. The number of rotatable bonds is 4. The molecule has 0 radical (unpaired) electrons. The van der Waals surface area contributed by atoms with Crippen molar-refractivity contribution in [1.82, 2.24) is 5.32 Å². The van der Waals surface area contributed by atoms with Gasteiger partial charge in [0.05, 0.1) is 10.9 Å². The Labute approximate surface area is 157 Å². The number of benzene rings is 2. The van der Waals surface area contributed by atoms with Crippen LogP contribution < -0.4 is 15.7 Å². The fourth-order valence-electron chi connectivity index (χ4n) is 2.16. The van der Waals surface area contributed by atoms with Crippen molar-refractivity contribution in [1.29, 1.82) is 0 Å². The van der Waals surface area contributed by atoms with Gasteiger partial charge in [-0.3, -0.25) is 20.2 Å². The van der Waals surface area contributed by atoms with E-state index in [-0.39, 0.29) is 38.2 Å². The second kappa shape index (κ2) is 7.89. The van der Waals surface area contributed by atoms with E-state index < -0.39 is 16.8 Å². The predicted octanol–water partition coefficient (Wildman–Crippen LogP) is 2.05. The zero-order valence-corrected chi connectivity index (χ0v) is 14.8. The van der Waals surface area contributed by atoms with E-state index in [9.17, 15) is 24.8 Å². The van der Waals surface area contributed by atoms with Crippen molar-refractivity contribution in [2.24, 2.45) is 0 Å². The number of amides is 1.